The monoisotopic (exact) mass is 273 g/mol. The molecule has 20 heavy (non-hydrogen) atoms. The molecule has 5 heteroatoms. The number of hydrogen-bond acceptors (Lipinski definition) is 4. The molecule has 0 unspecified atom stereocenters. The lowest BCUT2D eigenvalue weighted by Crippen LogP contribution is -2.44. The molecule has 1 fully saturated rings. The molecule has 0 radical (unpaired) electrons. The van der Waals surface area contributed by atoms with Gasteiger partial charge in [-0.25, -0.2) is 4.98 Å². The highest BCUT2D eigenvalue weighted by molar-refractivity contribution is 5.75. The van der Waals surface area contributed by atoms with Gasteiger partial charge in [0.15, 0.2) is 0 Å². The second kappa shape index (κ2) is 5.91. The van der Waals surface area contributed by atoms with Gasteiger partial charge < -0.3 is 10.0 Å². The fraction of sp³-hybridized carbons (Fsp3) is 0.533. The molecule has 0 aromatic carbocycles. The lowest BCUT2D eigenvalue weighted by atomic mass is 9.75. The second-order valence-corrected chi connectivity index (χ2v) is 5.34. The van der Waals surface area contributed by atoms with E-state index in [2.05, 4.69) is 9.88 Å². The number of aromatic nitrogens is 1. The predicted octanol–water partition coefficient (Wildman–Crippen LogP) is 2.42. The zero-order chi connectivity index (χ0) is 14.6. The van der Waals surface area contributed by atoms with Crippen molar-refractivity contribution in [1.29, 1.82) is 5.26 Å². The van der Waals surface area contributed by atoms with Crippen LogP contribution in [0.4, 0.5) is 5.69 Å². The Hall–Kier alpha value is -2.09. The van der Waals surface area contributed by atoms with Crippen LogP contribution in [-0.4, -0.2) is 29.1 Å². The van der Waals surface area contributed by atoms with E-state index in [1.54, 1.807) is 12.3 Å². The topological polar surface area (TPSA) is 77.2 Å². The molecule has 1 aromatic heterocycles. The molecular weight excluding hydrogens is 254 g/mol. The van der Waals surface area contributed by atoms with E-state index in [9.17, 15) is 9.90 Å². The second-order valence-electron chi connectivity index (χ2n) is 5.34. The number of rotatable bonds is 4. The van der Waals surface area contributed by atoms with Crippen molar-refractivity contribution in [3.05, 3.63) is 24.0 Å². The number of anilines is 1. The van der Waals surface area contributed by atoms with E-state index < -0.39 is 11.4 Å². The van der Waals surface area contributed by atoms with Crippen molar-refractivity contribution in [3.8, 4) is 6.07 Å². The molecule has 1 N–H and O–H groups in total. The van der Waals surface area contributed by atoms with Gasteiger partial charge in [0, 0.05) is 13.1 Å². The first kappa shape index (κ1) is 14.3. The van der Waals surface area contributed by atoms with Crippen LogP contribution in [0, 0.1) is 16.7 Å². The number of carboxylic acids is 1. The Morgan fingerprint density at radius 3 is 2.65 bits per heavy atom. The van der Waals surface area contributed by atoms with Crippen molar-refractivity contribution in [2.75, 3.05) is 18.0 Å². The summed E-state index contributed by atoms with van der Waals surface area (Å²) in [6.07, 6.45) is 4.64. The Morgan fingerprint density at radius 2 is 2.20 bits per heavy atom. The fourth-order valence-corrected chi connectivity index (χ4v) is 2.88. The number of hydrogen-bond donors (Lipinski definition) is 1. The van der Waals surface area contributed by atoms with Gasteiger partial charge in [0.05, 0.1) is 17.3 Å². The molecule has 1 aromatic rings. The van der Waals surface area contributed by atoms with Gasteiger partial charge in [0.2, 0.25) is 0 Å². The fourth-order valence-electron chi connectivity index (χ4n) is 2.88. The van der Waals surface area contributed by atoms with Crippen molar-refractivity contribution in [1.82, 2.24) is 4.98 Å². The smallest absolute Gasteiger partial charge is 0.309 e. The maximum absolute atomic E-state index is 11.5. The van der Waals surface area contributed by atoms with Crippen molar-refractivity contribution in [3.63, 3.8) is 0 Å². The first-order valence-corrected chi connectivity index (χ1v) is 6.96. The minimum Gasteiger partial charge on any atom is -0.481 e. The molecule has 1 saturated heterocycles. The molecule has 0 aliphatic carbocycles. The quantitative estimate of drug-likeness (QED) is 0.911. The van der Waals surface area contributed by atoms with Crippen LogP contribution in [-0.2, 0) is 4.79 Å². The maximum atomic E-state index is 11.5. The predicted molar refractivity (Wildman–Crippen MR) is 75.4 cm³/mol. The largest absolute Gasteiger partial charge is 0.481 e. The first-order chi connectivity index (χ1) is 9.61. The molecule has 0 saturated carbocycles. The number of piperidine rings is 1. The van der Waals surface area contributed by atoms with Crippen LogP contribution in [0.1, 0.15) is 38.3 Å². The van der Waals surface area contributed by atoms with Gasteiger partial charge in [-0.1, -0.05) is 13.3 Å². The van der Waals surface area contributed by atoms with Crippen LogP contribution in [0.25, 0.3) is 0 Å². The van der Waals surface area contributed by atoms with Crippen molar-refractivity contribution in [2.24, 2.45) is 5.41 Å². The van der Waals surface area contributed by atoms with Crippen LogP contribution < -0.4 is 4.90 Å². The van der Waals surface area contributed by atoms with Gasteiger partial charge in [0.1, 0.15) is 11.8 Å². The van der Waals surface area contributed by atoms with E-state index >= 15 is 0 Å². The SMILES string of the molecule is CCCC1(C(=O)O)CCN(c2ccc(C#N)nc2)CC1. The highest BCUT2D eigenvalue weighted by atomic mass is 16.4. The number of carboxylic acid groups (broad SMARTS) is 1. The molecule has 0 spiro atoms. The number of pyridine rings is 1. The average molecular weight is 273 g/mol. The van der Waals surface area contributed by atoms with Crippen molar-refractivity contribution in [2.45, 2.75) is 32.6 Å². The molecule has 106 valence electrons. The summed E-state index contributed by atoms with van der Waals surface area (Å²) in [6.45, 7) is 3.47. The first-order valence-electron chi connectivity index (χ1n) is 6.96. The van der Waals surface area contributed by atoms with Crippen LogP contribution >= 0.6 is 0 Å². The highest BCUT2D eigenvalue weighted by Crippen LogP contribution is 2.37. The molecule has 1 aliphatic heterocycles. The zero-order valence-electron chi connectivity index (χ0n) is 11.7. The summed E-state index contributed by atoms with van der Waals surface area (Å²) in [5, 5.41) is 18.2. The minimum atomic E-state index is -0.669. The van der Waals surface area contributed by atoms with Crippen molar-refractivity contribution < 1.29 is 9.90 Å². The van der Waals surface area contributed by atoms with Gasteiger partial charge >= 0.3 is 5.97 Å². The molecule has 0 atom stereocenters. The third-order valence-electron chi connectivity index (χ3n) is 4.13. The van der Waals surface area contributed by atoms with Crippen LogP contribution in [0.5, 0.6) is 0 Å². The molecule has 5 nitrogen and oxygen atoms in total. The van der Waals surface area contributed by atoms with E-state index in [0.29, 0.717) is 18.5 Å². The lowest BCUT2D eigenvalue weighted by molar-refractivity contribution is -0.150. The van der Waals surface area contributed by atoms with Gasteiger partial charge in [-0.2, -0.15) is 5.26 Å². The molecule has 2 heterocycles. The Morgan fingerprint density at radius 1 is 1.50 bits per heavy atom. The van der Waals surface area contributed by atoms with E-state index in [-0.39, 0.29) is 0 Å². The normalized spacial score (nSPS) is 17.5. The summed E-state index contributed by atoms with van der Waals surface area (Å²) in [6, 6.07) is 5.56. The summed E-state index contributed by atoms with van der Waals surface area (Å²) in [4.78, 5) is 17.7. The molecule has 0 bridgehead atoms. The average Bonchev–Trinajstić information content (AvgIpc) is 2.48. The standard InChI is InChI=1S/C15H19N3O2/c1-2-5-15(14(19)20)6-8-18(9-7-15)13-4-3-12(10-16)17-11-13/h3-4,11H,2,5-9H2,1H3,(H,19,20). The number of aliphatic carboxylic acids is 1. The summed E-state index contributed by atoms with van der Waals surface area (Å²) in [5.74, 6) is -0.669. The summed E-state index contributed by atoms with van der Waals surface area (Å²) < 4.78 is 0. The Labute approximate surface area is 118 Å². The van der Waals surface area contributed by atoms with E-state index in [1.807, 2.05) is 19.1 Å². The number of nitrogens with zero attached hydrogens (tertiary/aromatic N) is 3. The van der Waals surface area contributed by atoms with E-state index in [0.717, 1.165) is 31.6 Å². The third kappa shape index (κ3) is 2.74. The van der Waals surface area contributed by atoms with Gasteiger partial charge in [-0.05, 0) is 31.4 Å². The van der Waals surface area contributed by atoms with Crippen LogP contribution in [0.2, 0.25) is 0 Å². The summed E-state index contributed by atoms with van der Waals surface area (Å²) in [7, 11) is 0. The summed E-state index contributed by atoms with van der Waals surface area (Å²) >= 11 is 0. The van der Waals surface area contributed by atoms with Crippen molar-refractivity contribution >= 4 is 11.7 Å². The highest BCUT2D eigenvalue weighted by Gasteiger charge is 2.40. The minimum absolute atomic E-state index is 0.400. The zero-order valence-corrected chi connectivity index (χ0v) is 11.7. The number of carbonyl (C=O) groups is 1. The molecule has 0 amide bonds. The van der Waals surface area contributed by atoms with Gasteiger partial charge in [-0.3, -0.25) is 4.79 Å². The van der Waals surface area contributed by atoms with Crippen LogP contribution in [0.3, 0.4) is 0 Å². The van der Waals surface area contributed by atoms with E-state index in [1.165, 1.54) is 0 Å². The Kier molecular flexibility index (Phi) is 4.23. The Bertz CT molecular complexity index is 511. The third-order valence-corrected chi connectivity index (χ3v) is 4.13. The summed E-state index contributed by atoms with van der Waals surface area (Å²) in [5.41, 5.74) is 0.793. The molecule has 2 rings (SSSR count). The van der Waals surface area contributed by atoms with E-state index in [4.69, 9.17) is 5.26 Å². The number of nitriles is 1. The maximum Gasteiger partial charge on any atom is 0.309 e. The Balaban J connectivity index is 2.06. The molecular formula is C15H19N3O2. The van der Waals surface area contributed by atoms with Gasteiger partial charge in [-0.15, -0.1) is 0 Å². The molecule has 1 aliphatic rings. The van der Waals surface area contributed by atoms with Gasteiger partial charge in [0.25, 0.3) is 0 Å². The lowest BCUT2D eigenvalue weighted by Gasteiger charge is -2.39. The van der Waals surface area contributed by atoms with Crippen LogP contribution in [0.15, 0.2) is 18.3 Å².